The van der Waals surface area contributed by atoms with Crippen LogP contribution >= 0.6 is 11.8 Å². The van der Waals surface area contributed by atoms with Gasteiger partial charge in [0.25, 0.3) is 0 Å². The third-order valence-electron chi connectivity index (χ3n) is 2.85. The molecule has 16 heavy (non-hydrogen) atoms. The predicted molar refractivity (Wildman–Crippen MR) is 63.1 cm³/mol. The smallest absolute Gasteiger partial charge is 0.336 e. The van der Waals surface area contributed by atoms with E-state index in [0.29, 0.717) is 5.56 Å². The lowest BCUT2D eigenvalue weighted by Crippen LogP contribution is -2.14. The Kier molecular flexibility index (Phi) is 3.21. The number of rotatable bonds is 5. The van der Waals surface area contributed by atoms with Gasteiger partial charge in [0.15, 0.2) is 0 Å². The Bertz CT molecular complexity index is 399. The molecule has 0 amide bonds. The highest BCUT2D eigenvalue weighted by Gasteiger charge is 2.42. The van der Waals surface area contributed by atoms with E-state index in [9.17, 15) is 4.79 Å². The minimum absolute atomic E-state index is 0.00369. The van der Waals surface area contributed by atoms with Crippen LogP contribution in [-0.4, -0.2) is 29.5 Å². The van der Waals surface area contributed by atoms with Gasteiger partial charge in [0.1, 0.15) is 0 Å². The molecule has 1 fully saturated rings. The summed E-state index contributed by atoms with van der Waals surface area (Å²) in [6.45, 7) is 0. The molecule has 0 aromatic heterocycles. The number of hydrogen-bond donors (Lipinski definition) is 1. The molecule has 4 heteroatoms. The van der Waals surface area contributed by atoms with Gasteiger partial charge < -0.3 is 9.84 Å². The third-order valence-corrected chi connectivity index (χ3v) is 4.19. The van der Waals surface area contributed by atoms with Crippen LogP contribution in [0.5, 0.6) is 0 Å². The second-order valence-electron chi connectivity index (χ2n) is 3.98. The summed E-state index contributed by atoms with van der Waals surface area (Å²) in [4.78, 5) is 11.8. The highest BCUT2D eigenvalue weighted by Crippen LogP contribution is 2.43. The lowest BCUT2D eigenvalue weighted by atomic mass is 10.2. The van der Waals surface area contributed by atoms with Gasteiger partial charge in [-0.15, -0.1) is 11.8 Å². The van der Waals surface area contributed by atoms with Crippen LogP contribution in [0.1, 0.15) is 23.2 Å². The summed E-state index contributed by atoms with van der Waals surface area (Å²) in [5, 5.41) is 9.02. The van der Waals surface area contributed by atoms with Crippen LogP contribution in [0.15, 0.2) is 29.2 Å². The van der Waals surface area contributed by atoms with Crippen LogP contribution in [0.3, 0.4) is 0 Å². The normalized spacial score (nSPS) is 17.1. The van der Waals surface area contributed by atoms with E-state index in [1.54, 1.807) is 31.0 Å². The van der Waals surface area contributed by atoms with Crippen LogP contribution in [0.2, 0.25) is 0 Å². The van der Waals surface area contributed by atoms with Crippen LogP contribution in [0.25, 0.3) is 0 Å². The number of thioether (sulfide) groups is 1. The van der Waals surface area contributed by atoms with Gasteiger partial charge in [0.2, 0.25) is 0 Å². The molecule has 1 aromatic rings. The number of benzene rings is 1. The lowest BCUT2D eigenvalue weighted by molar-refractivity contribution is 0.0693. The van der Waals surface area contributed by atoms with Crippen molar-refractivity contribution in [1.29, 1.82) is 0 Å². The van der Waals surface area contributed by atoms with E-state index >= 15 is 0 Å². The molecule has 0 unspecified atom stereocenters. The summed E-state index contributed by atoms with van der Waals surface area (Å²) >= 11 is 1.56. The summed E-state index contributed by atoms with van der Waals surface area (Å²) in [5.41, 5.74) is 0.371. The quantitative estimate of drug-likeness (QED) is 0.801. The van der Waals surface area contributed by atoms with E-state index < -0.39 is 5.97 Å². The van der Waals surface area contributed by atoms with Crippen molar-refractivity contribution in [3.05, 3.63) is 29.8 Å². The third kappa shape index (κ3) is 2.39. The maximum atomic E-state index is 11.0. The minimum Gasteiger partial charge on any atom is -0.478 e. The van der Waals surface area contributed by atoms with E-state index in [4.69, 9.17) is 9.84 Å². The number of carboxylic acids is 1. The molecule has 1 aromatic carbocycles. The first-order chi connectivity index (χ1) is 7.67. The van der Waals surface area contributed by atoms with Gasteiger partial charge in [-0.2, -0.15) is 0 Å². The molecule has 1 aliphatic carbocycles. The number of carboxylic acid groups (broad SMARTS) is 1. The highest BCUT2D eigenvalue weighted by molar-refractivity contribution is 7.99. The van der Waals surface area contributed by atoms with E-state index in [2.05, 4.69) is 0 Å². The molecule has 0 spiro atoms. The average Bonchev–Trinajstić information content (AvgIpc) is 3.07. The maximum absolute atomic E-state index is 11.0. The Morgan fingerprint density at radius 1 is 1.50 bits per heavy atom. The molecule has 3 nitrogen and oxygen atoms in total. The largest absolute Gasteiger partial charge is 0.478 e. The zero-order chi connectivity index (χ0) is 11.6. The number of methoxy groups -OCH3 is 1. The van der Waals surface area contributed by atoms with E-state index in [0.717, 1.165) is 23.5 Å². The molecule has 0 heterocycles. The van der Waals surface area contributed by atoms with Gasteiger partial charge in [-0.1, -0.05) is 12.1 Å². The Balaban J connectivity index is 2.06. The Labute approximate surface area is 98.8 Å². The number of aromatic carboxylic acids is 1. The summed E-state index contributed by atoms with van der Waals surface area (Å²) in [6.07, 6.45) is 2.15. The summed E-state index contributed by atoms with van der Waals surface area (Å²) in [5.74, 6) is -0.0429. The molecule has 2 rings (SSSR count). The van der Waals surface area contributed by atoms with Crippen LogP contribution in [-0.2, 0) is 4.74 Å². The SMILES string of the molecule is COC1(CSc2ccccc2C(=O)O)CC1. The molecular weight excluding hydrogens is 224 g/mol. The fourth-order valence-electron chi connectivity index (χ4n) is 1.53. The molecule has 0 bridgehead atoms. The number of ether oxygens (including phenoxy) is 1. The Morgan fingerprint density at radius 2 is 2.19 bits per heavy atom. The zero-order valence-corrected chi connectivity index (χ0v) is 9.92. The fraction of sp³-hybridized carbons (Fsp3) is 0.417. The minimum atomic E-state index is -0.870. The van der Waals surface area contributed by atoms with E-state index in [-0.39, 0.29) is 5.60 Å². The molecule has 0 radical (unpaired) electrons. The van der Waals surface area contributed by atoms with Gasteiger partial charge in [-0.3, -0.25) is 0 Å². The van der Waals surface area contributed by atoms with Crippen molar-refractivity contribution >= 4 is 17.7 Å². The zero-order valence-electron chi connectivity index (χ0n) is 9.10. The van der Waals surface area contributed by atoms with Gasteiger partial charge in [0.05, 0.1) is 11.2 Å². The standard InChI is InChI=1S/C12H14O3S/c1-15-12(6-7-12)8-16-10-5-3-2-4-9(10)11(13)14/h2-5H,6-8H2,1H3,(H,13,14). The van der Waals surface area contributed by atoms with Crippen molar-refractivity contribution in [2.75, 3.05) is 12.9 Å². The van der Waals surface area contributed by atoms with E-state index in [1.165, 1.54) is 0 Å². The summed E-state index contributed by atoms with van der Waals surface area (Å²) < 4.78 is 5.40. The molecule has 1 aliphatic rings. The van der Waals surface area contributed by atoms with Crippen molar-refractivity contribution < 1.29 is 14.6 Å². The highest BCUT2D eigenvalue weighted by atomic mass is 32.2. The van der Waals surface area contributed by atoms with Crippen LogP contribution < -0.4 is 0 Å². The first-order valence-corrected chi connectivity index (χ1v) is 6.16. The molecule has 0 aliphatic heterocycles. The van der Waals surface area contributed by atoms with Gasteiger partial charge >= 0.3 is 5.97 Å². The van der Waals surface area contributed by atoms with Crippen molar-refractivity contribution in [2.24, 2.45) is 0 Å². The first kappa shape index (κ1) is 11.5. The Hall–Kier alpha value is -1.00. The van der Waals surface area contributed by atoms with Crippen molar-refractivity contribution in [1.82, 2.24) is 0 Å². The Morgan fingerprint density at radius 3 is 2.75 bits per heavy atom. The van der Waals surface area contributed by atoms with Gasteiger partial charge in [-0.25, -0.2) is 4.79 Å². The van der Waals surface area contributed by atoms with Crippen LogP contribution in [0, 0.1) is 0 Å². The first-order valence-electron chi connectivity index (χ1n) is 5.17. The van der Waals surface area contributed by atoms with Crippen molar-refractivity contribution in [3.63, 3.8) is 0 Å². The average molecular weight is 238 g/mol. The molecular formula is C12H14O3S. The summed E-state index contributed by atoms with van der Waals surface area (Å²) in [6, 6.07) is 7.09. The topological polar surface area (TPSA) is 46.5 Å². The summed E-state index contributed by atoms with van der Waals surface area (Å²) in [7, 11) is 1.72. The fourth-order valence-corrected chi connectivity index (χ4v) is 2.84. The number of hydrogen-bond acceptors (Lipinski definition) is 3. The van der Waals surface area contributed by atoms with Crippen molar-refractivity contribution in [3.8, 4) is 0 Å². The van der Waals surface area contributed by atoms with Crippen molar-refractivity contribution in [2.45, 2.75) is 23.3 Å². The molecule has 1 saturated carbocycles. The predicted octanol–water partition coefficient (Wildman–Crippen LogP) is 2.66. The second kappa shape index (κ2) is 4.47. The second-order valence-corrected chi connectivity index (χ2v) is 4.99. The van der Waals surface area contributed by atoms with Crippen LogP contribution in [0.4, 0.5) is 0 Å². The maximum Gasteiger partial charge on any atom is 0.336 e. The van der Waals surface area contributed by atoms with Gasteiger partial charge in [-0.05, 0) is 25.0 Å². The van der Waals surface area contributed by atoms with Gasteiger partial charge in [0, 0.05) is 17.8 Å². The number of carbonyl (C=O) groups is 1. The van der Waals surface area contributed by atoms with E-state index in [1.807, 2.05) is 12.1 Å². The molecule has 86 valence electrons. The monoisotopic (exact) mass is 238 g/mol. The molecule has 1 N–H and O–H groups in total. The lowest BCUT2D eigenvalue weighted by Gasteiger charge is -2.13. The molecule has 0 saturated heterocycles. The molecule has 0 atom stereocenters.